The maximum Gasteiger partial charge on any atom is 0.223 e. The van der Waals surface area contributed by atoms with Gasteiger partial charge >= 0.3 is 0 Å². The van der Waals surface area contributed by atoms with Crippen LogP contribution in [0.3, 0.4) is 0 Å². The molecule has 5 N–H and O–H groups in total. The second-order valence-corrected chi connectivity index (χ2v) is 6.38. The number of hydrogen-bond donors (Lipinski definition) is 4. The van der Waals surface area contributed by atoms with Gasteiger partial charge < -0.3 is 21.1 Å². The van der Waals surface area contributed by atoms with E-state index in [0.717, 1.165) is 27.4 Å². The predicted molar refractivity (Wildman–Crippen MR) is 101 cm³/mol. The normalized spacial score (nSPS) is 11.3. The van der Waals surface area contributed by atoms with Crippen molar-refractivity contribution in [1.29, 1.82) is 0 Å². The van der Waals surface area contributed by atoms with Crippen LogP contribution < -0.4 is 11.1 Å². The summed E-state index contributed by atoms with van der Waals surface area (Å²) < 4.78 is 0. The molecule has 0 fully saturated rings. The summed E-state index contributed by atoms with van der Waals surface area (Å²) in [5.74, 6) is 1.01. The van der Waals surface area contributed by atoms with Crippen molar-refractivity contribution in [1.82, 2.24) is 15.0 Å². The lowest BCUT2D eigenvalue weighted by Crippen LogP contribution is -2.05. The number of aromatic amines is 1. The lowest BCUT2D eigenvalue weighted by Gasteiger charge is -2.08. The van der Waals surface area contributed by atoms with E-state index in [-0.39, 0.29) is 11.7 Å². The van der Waals surface area contributed by atoms with E-state index in [2.05, 4.69) is 20.3 Å². The number of rotatable bonds is 3. The minimum absolute atomic E-state index is 0.175. The largest absolute Gasteiger partial charge is 0.508 e. The van der Waals surface area contributed by atoms with E-state index in [1.807, 2.05) is 37.3 Å². The molecule has 2 heterocycles. The second kappa shape index (κ2) is 5.82. The van der Waals surface area contributed by atoms with Crippen molar-refractivity contribution >= 4 is 45.3 Å². The summed E-state index contributed by atoms with van der Waals surface area (Å²) in [6, 6.07) is 11.2. The molecular weight excluding hydrogens is 338 g/mol. The Labute approximate surface area is 148 Å². The van der Waals surface area contributed by atoms with Gasteiger partial charge in [0, 0.05) is 22.5 Å². The third-order valence-corrected chi connectivity index (χ3v) is 4.37. The zero-order valence-corrected chi connectivity index (χ0v) is 14.2. The topological polar surface area (TPSA) is 99.9 Å². The lowest BCUT2D eigenvalue weighted by atomic mass is 10.1. The number of nitrogens with one attached hydrogen (secondary N) is 2. The molecule has 126 valence electrons. The number of halogens is 1. The monoisotopic (exact) mass is 353 g/mol. The Morgan fingerprint density at radius 1 is 1.24 bits per heavy atom. The van der Waals surface area contributed by atoms with E-state index in [9.17, 15) is 5.11 Å². The Bertz CT molecular complexity index is 1110. The van der Waals surface area contributed by atoms with Gasteiger partial charge in [-0.25, -0.2) is 0 Å². The summed E-state index contributed by atoms with van der Waals surface area (Å²) in [6.45, 7) is 2.38. The maximum absolute atomic E-state index is 10.1. The number of fused-ring (bicyclic) bond motifs is 3. The van der Waals surface area contributed by atoms with Crippen LogP contribution in [-0.4, -0.2) is 20.1 Å². The molecule has 0 spiro atoms. The number of aromatic nitrogens is 3. The van der Waals surface area contributed by atoms with E-state index >= 15 is 0 Å². The van der Waals surface area contributed by atoms with E-state index in [4.69, 9.17) is 17.3 Å². The van der Waals surface area contributed by atoms with Crippen molar-refractivity contribution in [3.63, 3.8) is 0 Å². The van der Waals surface area contributed by atoms with Gasteiger partial charge in [-0.1, -0.05) is 23.7 Å². The molecule has 0 bridgehead atoms. The molecule has 2 aromatic heterocycles. The number of aryl methyl sites for hydroxylation is 1. The van der Waals surface area contributed by atoms with Gasteiger partial charge in [-0.15, -0.1) is 0 Å². The number of aromatic hydroxyl groups is 1. The average molecular weight is 354 g/mol. The number of anilines is 2. The third-order valence-electron chi connectivity index (χ3n) is 4.13. The van der Waals surface area contributed by atoms with Crippen LogP contribution >= 0.6 is 11.6 Å². The van der Waals surface area contributed by atoms with Crippen molar-refractivity contribution in [3.05, 3.63) is 52.5 Å². The van der Waals surface area contributed by atoms with Crippen LogP contribution in [0.4, 0.5) is 11.8 Å². The number of benzene rings is 2. The minimum Gasteiger partial charge on any atom is -0.508 e. The molecule has 6 nitrogen and oxygen atoms in total. The fraction of sp³-hybridized carbons (Fsp3) is 0.111. The lowest BCUT2D eigenvalue weighted by molar-refractivity contribution is 0.472. The summed E-state index contributed by atoms with van der Waals surface area (Å²) in [4.78, 5) is 11.8. The van der Waals surface area contributed by atoms with E-state index in [0.29, 0.717) is 23.0 Å². The highest BCUT2D eigenvalue weighted by Crippen LogP contribution is 2.34. The quantitative estimate of drug-likeness (QED) is 0.446. The highest BCUT2D eigenvalue weighted by Gasteiger charge is 2.14. The van der Waals surface area contributed by atoms with Crippen molar-refractivity contribution < 1.29 is 5.11 Å². The average Bonchev–Trinajstić information content (AvgIpc) is 2.90. The van der Waals surface area contributed by atoms with Gasteiger partial charge in [-0.05, 0) is 42.3 Å². The summed E-state index contributed by atoms with van der Waals surface area (Å²) in [6.07, 6.45) is 0. The molecule has 0 radical (unpaired) electrons. The first-order valence-corrected chi connectivity index (χ1v) is 8.16. The second-order valence-electron chi connectivity index (χ2n) is 5.95. The Morgan fingerprint density at radius 2 is 2.08 bits per heavy atom. The van der Waals surface area contributed by atoms with Crippen LogP contribution in [0.2, 0.25) is 5.02 Å². The Kier molecular flexibility index (Phi) is 3.62. The van der Waals surface area contributed by atoms with Crippen LogP contribution in [0.25, 0.3) is 21.9 Å². The van der Waals surface area contributed by atoms with Crippen LogP contribution in [0.1, 0.15) is 11.1 Å². The van der Waals surface area contributed by atoms with Gasteiger partial charge in [-0.3, -0.25) is 0 Å². The smallest absolute Gasteiger partial charge is 0.223 e. The molecule has 0 aliphatic carbocycles. The van der Waals surface area contributed by atoms with Gasteiger partial charge in [-0.2, -0.15) is 9.97 Å². The predicted octanol–water partition coefficient (Wildman–Crippen LogP) is 3.97. The van der Waals surface area contributed by atoms with E-state index in [1.54, 1.807) is 6.07 Å². The van der Waals surface area contributed by atoms with Crippen molar-refractivity contribution in [2.45, 2.75) is 13.5 Å². The number of nitrogens with two attached hydrogens (primary N) is 1. The standard InChI is InChI=1S/C18H16ClN5O/c1-9-5-13-12(7-14(9)25)15-16(23-18(20)24-17(15)22-13)21-8-10-3-2-4-11(19)6-10/h2-7,25H,8H2,1H3,(H4,20,21,22,23,24). The van der Waals surface area contributed by atoms with Crippen LogP contribution in [0, 0.1) is 6.92 Å². The molecule has 0 saturated carbocycles. The van der Waals surface area contributed by atoms with E-state index in [1.165, 1.54) is 0 Å². The highest BCUT2D eigenvalue weighted by atomic mass is 35.5. The molecule has 4 aromatic rings. The van der Waals surface area contributed by atoms with Crippen LogP contribution in [0.15, 0.2) is 36.4 Å². The molecule has 4 rings (SSSR count). The maximum atomic E-state index is 10.1. The summed E-state index contributed by atoms with van der Waals surface area (Å²) >= 11 is 6.03. The fourth-order valence-corrected chi connectivity index (χ4v) is 3.13. The van der Waals surface area contributed by atoms with Crippen LogP contribution in [0.5, 0.6) is 5.75 Å². The molecule has 0 atom stereocenters. The molecule has 0 saturated heterocycles. The molecule has 0 amide bonds. The highest BCUT2D eigenvalue weighted by molar-refractivity contribution is 6.30. The van der Waals surface area contributed by atoms with Gasteiger partial charge in [0.2, 0.25) is 5.95 Å². The first-order valence-electron chi connectivity index (χ1n) is 7.78. The van der Waals surface area contributed by atoms with Gasteiger partial charge in [0.25, 0.3) is 0 Å². The minimum atomic E-state index is 0.175. The molecule has 0 aliphatic rings. The van der Waals surface area contributed by atoms with Crippen molar-refractivity contribution in [2.24, 2.45) is 0 Å². The number of phenols is 1. The van der Waals surface area contributed by atoms with Gasteiger partial charge in [0.15, 0.2) is 0 Å². The zero-order valence-electron chi connectivity index (χ0n) is 13.5. The molecule has 0 aliphatic heterocycles. The molecule has 25 heavy (non-hydrogen) atoms. The van der Waals surface area contributed by atoms with Crippen LogP contribution in [-0.2, 0) is 6.54 Å². The summed E-state index contributed by atoms with van der Waals surface area (Å²) in [5, 5.41) is 15.7. The SMILES string of the molecule is Cc1cc2[nH]c3nc(N)nc(NCc4cccc(Cl)c4)c3c2cc1O. The Balaban J connectivity index is 1.83. The molecular formula is C18H16ClN5O. The first kappa shape index (κ1) is 15.5. The number of nitrogen functional groups attached to an aromatic ring is 1. The number of nitrogens with zero attached hydrogens (tertiary/aromatic N) is 2. The molecule has 0 unspecified atom stereocenters. The number of phenolic OH excluding ortho intramolecular Hbond substituents is 1. The Morgan fingerprint density at radius 3 is 2.88 bits per heavy atom. The summed E-state index contributed by atoms with van der Waals surface area (Å²) in [5.41, 5.74) is 9.15. The van der Waals surface area contributed by atoms with Crippen molar-refractivity contribution in [2.75, 3.05) is 11.1 Å². The summed E-state index contributed by atoms with van der Waals surface area (Å²) in [7, 11) is 0. The number of hydrogen-bond acceptors (Lipinski definition) is 5. The molecule has 7 heteroatoms. The van der Waals surface area contributed by atoms with Crippen molar-refractivity contribution in [3.8, 4) is 5.75 Å². The van der Waals surface area contributed by atoms with Gasteiger partial charge in [0.05, 0.1) is 5.39 Å². The van der Waals surface area contributed by atoms with Gasteiger partial charge in [0.1, 0.15) is 17.2 Å². The fourth-order valence-electron chi connectivity index (χ4n) is 2.92. The zero-order chi connectivity index (χ0) is 17.6. The number of H-pyrrole nitrogens is 1. The molecule has 2 aromatic carbocycles. The Hall–Kier alpha value is -2.99. The third kappa shape index (κ3) is 2.81. The van der Waals surface area contributed by atoms with E-state index < -0.39 is 0 Å². The first-order chi connectivity index (χ1) is 12.0.